The second-order valence-electron chi connectivity index (χ2n) is 3.27. The van der Waals surface area contributed by atoms with Crippen molar-refractivity contribution in [2.75, 3.05) is 6.61 Å². The van der Waals surface area contributed by atoms with Gasteiger partial charge in [0.05, 0.1) is 18.9 Å². The lowest BCUT2D eigenvalue weighted by atomic mass is 10.2. The van der Waals surface area contributed by atoms with Crippen LogP contribution < -0.4 is 0 Å². The second kappa shape index (κ2) is 10.5. The van der Waals surface area contributed by atoms with Gasteiger partial charge in [0, 0.05) is 12.8 Å². The zero-order valence-corrected chi connectivity index (χ0v) is 9.57. The van der Waals surface area contributed by atoms with E-state index >= 15 is 0 Å². The van der Waals surface area contributed by atoms with Crippen molar-refractivity contribution >= 4 is 11.9 Å². The Bertz CT molecular complexity index is 346. The van der Waals surface area contributed by atoms with Crippen molar-refractivity contribution in [2.24, 2.45) is 0 Å². The average molecular weight is 237 g/mol. The van der Waals surface area contributed by atoms with Crippen LogP contribution in [0.4, 0.5) is 0 Å². The number of rotatable bonds is 7. The molecule has 17 heavy (non-hydrogen) atoms. The molecule has 0 aliphatic carbocycles. The van der Waals surface area contributed by atoms with E-state index in [1.807, 2.05) is 6.07 Å². The molecule has 0 aromatic carbocycles. The van der Waals surface area contributed by atoms with Crippen molar-refractivity contribution in [1.29, 1.82) is 5.26 Å². The molecule has 0 bridgehead atoms. The molecule has 0 saturated heterocycles. The smallest absolute Gasteiger partial charge is 0.307 e. The van der Waals surface area contributed by atoms with Gasteiger partial charge < -0.3 is 9.84 Å². The Morgan fingerprint density at radius 1 is 1.12 bits per heavy atom. The number of carboxylic acid groups (broad SMARTS) is 1. The van der Waals surface area contributed by atoms with Crippen LogP contribution in [0.15, 0.2) is 0 Å². The highest BCUT2D eigenvalue weighted by molar-refractivity contribution is 5.76. The molecule has 0 aliphatic heterocycles. The summed E-state index contributed by atoms with van der Waals surface area (Å²) in [5.74, 6) is 3.90. The van der Waals surface area contributed by atoms with Crippen molar-refractivity contribution in [3.8, 4) is 17.9 Å². The van der Waals surface area contributed by atoms with Crippen LogP contribution in [0.2, 0.25) is 0 Å². The van der Waals surface area contributed by atoms with Gasteiger partial charge in [0.25, 0.3) is 0 Å². The van der Waals surface area contributed by atoms with Crippen LogP contribution in [0.25, 0.3) is 0 Å². The molecule has 0 amide bonds. The molecule has 0 rings (SSSR count). The normalized spacial score (nSPS) is 8.65. The minimum Gasteiger partial charge on any atom is -0.481 e. The first kappa shape index (κ1) is 15.0. The summed E-state index contributed by atoms with van der Waals surface area (Å²) in [6, 6.07) is 2.04. The second-order valence-corrected chi connectivity index (χ2v) is 3.27. The van der Waals surface area contributed by atoms with Crippen molar-refractivity contribution < 1.29 is 19.4 Å². The molecule has 0 heterocycles. The van der Waals surface area contributed by atoms with Crippen molar-refractivity contribution in [3.05, 3.63) is 0 Å². The summed E-state index contributed by atoms with van der Waals surface area (Å²) in [7, 11) is 0. The van der Waals surface area contributed by atoms with E-state index in [0.29, 0.717) is 12.8 Å². The summed E-state index contributed by atoms with van der Waals surface area (Å²) in [6.07, 6.45) is 2.54. The SMILES string of the molecule is N#CCCCCC#CCOC(=O)CCC(=O)O. The van der Waals surface area contributed by atoms with Crippen LogP contribution in [0.5, 0.6) is 0 Å². The summed E-state index contributed by atoms with van der Waals surface area (Å²) in [5.41, 5.74) is 0. The molecule has 0 aliphatic rings. The summed E-state index contributed by atoms with van der Waals surface area (Å²) in [4.78, 5) is 21.1. The third-order valence-corrected chi connectivity index (χ3v) is 1.81. The summed E-state index contributed by atoms with van der Waals surface area (Å²) in [5, 5.41) is 16.6. The monoisotopic (exact) mass is 237 g/mol. The maximum absolute atomic E-state index is 10.9. The third kappa shape index (κ3) is 11.9. The lowest BCUT2D eigenvalue weighted by Gasteiger charge is -1.97. The number of nitriles is 1. The lowest BCUT2D eigenvalue weighted by molar-refractivity contribution is -0.146. The molecule has 0 unspecified atom stereocenters. The van der Waals surface area contributed by atoms with Crippen molar-refractivity contribution in [2.45, 2.75) is 38.5 Å². The Labute approximate surface area is 100 Å². The Balaban J connectivity index is 3.43. The molecule has 0 spiro atoms. The lowest BCUT2D eigenvalue weighted by Crippen LogP contribution is -2.07. The molecular formula is C12H15NO4. The molecule has 0 atom stereocenters. The minimum absolute atomic E-state index is 0.00327. The number of unbranched alkanes of at least 4 members (excludes halogenated alkanes) is 3. The number of carbonyl (C=O) groups excluding carboxylic acids is 1. The summed E-state index contributed by atoms with van der Waals surface area (Å²) < 4.78 is 4.69. The van der Waals surface area contributed by atoms with E-state index in [1.54, 1.807) is 0 Å². The quantitative estimate of drug-likeness (QED) is 0.411. The van der Waals surface area contributed by atoms with Crippen LogP contribution in [0.1, 0.15) is 38.5 Å². The van der Waals surface area contributed by atoms with Gasteiger partial charge in [-0.15, -0.1) is 0 Å². The molecule has 0 aromatic heterocycles. The molecule has 0 radical (unpaired) electrons. The Hall–Kier alpha value is -2.01. The predicted molar refractivity (Wildman–Crippen MR) is 59.7 cm³/mol. The fourth-order valence-corrected chi connectivity index (χ4v) is 0.955. The van der Waals surface area contributed by atoms with E-state index in [-0.39, 0.29) is 19.4 Å². The molecule has 5 nitrogen and oxygen atoms in total. The van der Waals surface area contributed by atoms with E-state index < -0.39 is 11.9 Å². The topological polar surface area (TPSA) is 87.4 Å². The molecule has 92 valence electrons. The first-order chi connectivity index (χ1) is 8.16. The van der Waals surface area contributed by atoms with E-state index in [1.165, 1.54) is 0 Å². The number of esters is 1. The zero-order valence-electron chi connectivity index (χ0n) is 9.57. The van der Waals surface area contributed by atoms with Gasteiger partial charge in [-0.25, -0.2) is 0 Å². The van der Waals surface area contributed by atoms with E-state index in [4.69, 9.17) is 15.1 Å². The van der Waals surface area contributed by atoms with Crippen molar-refractivity contribution in [1.82, 2.24) is 0 Å². The van der Waals surface area contributed by atoms with Crippen LogP contribution >= 0.6 is 0 Å². The van der Waals surface area contributed by atoms with Crippen LogP contribution in [-0.4, -0.2) is 23.7 Å². The highest BCUT2D eigenvalue weighted by Gasteiger charge is 2.04. The Morgan fingerprint density at radius 3 is 2.47 bits per heavy atom. The highest BCUT2D eigenvalue weighted by atomic mass is 16.5. The molecule has 5 heteroatoms. The summed E-state index contributed by atoms with van der Waals surface area (Å²) >= 11 is 0. The highest BCUT2D eigenvalue weighted by Crippen LogP contribution is 1.97. The predicted octanol–water partition coefficient (Wildman–Crippen LogP) is 1.48. The first-order valence-corrected chi connectivity index (χ1v) is 5.37. The molecular weight excluding hydrogens is 222 g/mol. The fraction of sp³-hybridized carbons (Fsp3) is 0.583. The largest absolute Gasteiger partial charge is 0.481 e. The number of aliphatic carboxylic acids is 1. The van der Waals surface area contributed by atoms with Gasteiger partial charge in [0.2, 0.25) is 0 Å². The van der Waals surface area contributed by atoms with Crippen molar-refractivity contribution in [3.63, 3.8) is 0 Å². The average Bonchev–Trinajstić information content (AvgIpc) is 2.30. The van der Waals surface area contributed by atoms with Gasteiger partial charge in [-0.1, -0.05) is 11.8 Å². The molecule has 0 aromatic rings. The number of ether oxygens (including phenoxy) is 1. The standard InChI is InChI=1S/C12H15NO4/c13-9-5-3-1-2-4-6-10-17-12(16)8-7-11(14)15/h1-3,5,7-8,10H2,(H,14,15). The molecule has 1 N–H and O–H groups in total. The Morgan fingerprint density at radius 2 is 1.82 bits per heavy atom. The van der Waals surface area contributed by atoms with Crippen LogP contribution in [-0.2, 0) is 14.3 Å². The van der Waals surface area contributed by atoms with Gasteiger partial charge in [-0.3, -0.25) is 9.59 Å². The number of hydrogen-bond acceptors (Lipinski definition) is 4. The zero-order chi connectivity index (χ0) is 12.9. The third-order valence-electron chi connectivity index (χ3n) is 1.81. The maximum Gasteiger partial charge on any atom is 0.307 e. The van der Waals surface area contributed by atoms with Gasteiger partial charge in [-0.05, 0) is 12.8 Å². The number of carbonyl (C=O) groups is 2. The van der Waals surface area contributed by atoms with E-state index in [2.05, 4.69) is 11.8 Å². The molecule has 0 fully saturated rings. The number of carboxylic acids is 1. The Kier molecular flexibility index (Phi) is 9.26. The molecule has 0 saturated carbocycles. The van der Waals surface area contributed by atoms with E-state index in [0.717, 1.165) is 12.8 Å². The summed E-state index contributed by atoms with van der Waals surface area (Å²) in [6.45, 7) is -0.00327. The van der Waals surface area contributed by atoms with Gasteiger partial charge in [-0.2, -0.15) is 5.26 Å². The number of hydrogen-bond donors (Lipinski definition) is 1. The maximum atomic E-state index is 10.9. The van der Waals surface area contributed by atoms with Gasteiger partial charge in [0.15, 0.2) is 6.61 Å². The fourth-order valence-electron chi connectivity index (χ4n) is 0.955. The first-order valence-electron chi connectivity index (χ1n) is 5.37. The number of nitrogens with zero attached hydrogens (tertiary/aromatic N) is 1. The van der Waals surface area contributed by atoms with Crippen LogP contribution in [0, 0.1) is 23.2 Å². The van der Waals surface area contributed by atoms with Crippen LogP contribution in [0.3, 0.4) is 0 Å². The minimum atomic E-state index is -1.02. The van der Waals surface area contributed by atoms with Gasteiger partial charge >= 0.3 is 11.9 Å². The van der Waals surface area contributed by atoms with E-state index in [9.17, 15) is 9.59 Å². The van der Waals surface area contributed by atoms with Gasteiger partial charge in [0.1, 0.15) is 0 Å².